The van der Waals surface area contributed by atoms with Gasteiger partial charge in [-0.2, -0.15) is 13.2 Å². The Morgan fingerprint density at radius 1 is 1.18 bits per heavy atom. The van der Waals surface area contributed by atoms with Gasteiger partial charge in [0.25, 0.3) is 5.91 Å². The number of carbonyl (C=O) groups excluding carboxylic acids is 1. The van der Waals surface area contributed by atoms with Crippen LogP contribution in [0.2, 0.25) is 0 Å². The Hall–Kier alpha value is -2.80. The summed E-state index contributed by atoms with van der Waals surface area (Å²) in [6.07, 6.45) is -3.34. The second kappa shape index (κ2) is 8.06. The molecule has 0 bridgehead atoms. The highest BCUT2D eigenvalue weighted by molar-refractivity contribution is 5.98. The SMILES string of the molecule is C=C(Cc1ccc(C(F)(F)F)cc1)Nc1cccc2c1CCN(CCO)C2=O. The van der Waals surface area contributed by atoms with Gasteiger partial charge in [0.1, 0.15) is 0 Å². The molecule has 0 saturated heterocycles. The van der Waals surface area contributed by atoms with Crippen molar-refractivity contribution in [3.63, 3.8) is 0 Å². The van der Waals surface area contributed by atoms with Gasteiger partial charge in [-0.05, 0) is 41.8 Å². The van der Waals surface area contributed by atoms with Gasteiger partial charge in [0, 0.05) is 36.5 Å². The summed E-state index contributed by atoms with van der Waals surface area (Å²) in [4.78, 5) is 14.1. The fraction of sp³-hybridized carbons (Fsp3) is 0.286. The Labute approximate surface area is 161 Å². The van der Waals surface area contributed by atoms with Crippen LogP contribution in [0.1, 0.15) is 27.0 Å². The molecule has 2 N–H and O–H groups in total. The minimum absolute atomic E-state index is 0.0804. The Kier molecular flexibility index (Phi) is 5.74. The number of nitrogens with one attached hydrogen (secondary N) is 1. The molecule has 0 aliphatic carbocycles. The minimum atomic E-state index is -4.35. The average molecular weight is 390 g/mol. The van der Waals surface area contributed by atoms with Crippen LogP contribution < -0.4 is 5.32 Å². The Bertz CT molecular complexity index is 876. The molecule has 1 heterocycles. The third-order valence-electron chi connectivity index (χ3n) is 4.71. The summed E-state index contributed by atoms with van der Waals surface area (Å²) in [7, 11) is 0. The maximum Gasteiger partial charge on any atom is 0.416 e. The molecule has 0 spiro atoms. The number of aliphatic hydroxyl groups excluding tert-OH is 1. The predicted octanol–water partition coefficient (Wildman–Crippen LogP) is 3.86. The van der Waals surface area contributed by atoms with E-state index < -0.39 is 11.7 Å². The van der Waals surface area contributed by atoms with Crippen molar-refractivity contribution in [1.29, 1.82) is 0 Å². The van der Waals surface area contributed by atoms with Crippen LogP contribution in [-0.4, -0.2) is 35.6 Å². The average Bonchev–Trinajstić information content (AvgIpc) is 2.64. The highest BCUT2D eigenvalue weighted by Crippen LogP contribution is 2.30. The zero-order valence-electron chi connectivity index (χ0n) is 15.2. The maximum absolute atomic E-state index is 12.7. The van der Waals surface area contributed by atoms with Crippen molar-refractivity contribution in [2.45, 2.75) is 19.0 Å². The van der Waals surface area contributed by atoms with Crippen molar-refractivity contribution >= 4 is 11.6 Å². The molecule has 2 aromatic carbocycles. The molecule has 4 nitrogen and oxygen atoms in total. The third kappa shape index (κ3) is 4.36. The highest BCUT2D eigenvalue weighted by Gasteiger charge is 2.30. The Balaban J connectivity index is 1.71. The van der Waals surface area contributed by atoms with Gasteiger partial charge in [-0.25, -0.2) is 0 Å². The lowest BCUT2D eigenvalue weighted by Gasteiger charge is -2.29. The van der Waals surface area contributed by atoms with Gasteiger partial charge < -0.3 is 15.3 Å². The highest BCUT2D eigenvalue weighted by atomic mass is 19.4. The lowest BCUT2D eigenvalue weighted by atomic mass is 9.96. The zero-order valence-corrected chi connectivity index (χ0v) is 15.2. The monoisotopic (exact) mass is 390 g/mol. The number of aliphatic hydroxyl groups is 1. The molecule has 1 aliphatic heterocycles. The number of β-amino-alcohol motifs (C(OH)–C–C–N with tert-alkyl or cyclic N) is 1. The van der Waals surface area contributed by atoms with Crippen molar-refractivity contribution in [2.24, 2.45) is 0 Å². The molecule has 7 heteroatoms. The largest absolute Gasteiger partial charge is 0.416 e. The van der Waals surface area contributed by atoms with Gasteiger partial charge in [-0.15, -0.1) is 0 Å². The van der Waals surface area contributed by atoms with Crippen LogP contribution in [0.5, 0.6) is 0 Å². The van der Waals surface area contributed by atoms with Gasteiger partial charge in [0.15, 0.2) is 0 Å². The first-order valence-corrected chi connectivity index (χ1v) is 8.92. The summed E-state index contributed by atoms with van der Waals surface area (Å²) in [6, 6.07) is 10.4. The number of benzene rings is 2. The number of rotatable bonds is 6. The van der Waals surface area contributed by atoms with Crippen molar-refractivity contribution in [3.05, 3.63) is 77.0 Å². The number of fused-ring (bicyclic) bond motifs is 1. The first-order chi connectivity index (χ1) is 13.3. The number of anilines is 1. The topological polar surface area (TPSA) is 52.6 Å². The first-order valence-electron chi connectivity index (χ1n) is 8.92. The van der Waals surface area contributed by atoms with Crippen LogP contribution in [-0.2, 0) is 19.0 Å². The summed E-state index contributed by atoms with van der Waals surface area (Å²) in [5.41, 5.74) is 2.89. The van der Waals surface area contributed by atoms with E-state index >= 15 is 0 Å². The molecule has 0 fully saturated rings. The first kappa shape index (κ1) is 19.9. The third-order valence-corrected chi connectivity index (χ3v) is 4.71. The number of amides is 1. The van der Waals surface area contributed by atoms with Crippen LogP contribution in [0.15, 0.2) is 54.7 Å². The fourth-order valence-electron chi connectivity index (χ4n) is 3.32. The van der Waals surface area contributed by atoms with E-state index in [4.69, 9.17) is 5.11 Å². The summed E-state index contributed by atoms with van der Waals surface area (Å²) >= 11 is 0. The molecule has 0 unspecified atom stereocenters. The van der Waals surface area contributed by atoms with Gasteiger partial charge in [-0.1, -0.05) is 24.8 Å². The van der Waals surface area contributed by atoms with Gasteiger partial charge in [-0.3, -0.25) is 4.79 Å². The quantitative estimate of drug-likeness (QED) is 0.788. The number of nitrogens with zero attached hydrogens (tertiary/aromatic N) is 1. The smallest absolute Gasteiger partial charge is 0.395 e. The molecule has 28 heavy (non-hydrogen) atoms. The summed E-state index contributed by atoms with van der Waals surface area (Å²) in [5, 5.41) is 12.3. The number of allylic oxidation sites excluding steroid dienone is 1. The molecule has 0 saturated carbocycles. The zero-order chi connectivity index (χ0) is 20.3. The van der Waals surface area contributed by atoms with Gasteiger partial charge in [0.05, 0.1) is 12.2 Å². The lowest BCUT2D eigenvalue weighted by Crippen LogP contribution is -2.39. The van der Waals surface area contributed by atoms with Gasteiger partial charge in [0.2, 0.25) is 0 Å². The van der Waals surface area contributed by atoms with Crippen LogP contribution in [0.25, 0.3) is 0 Å². The molecule has 1 amide bonds. The summed E-state index contributed by atoms with van der Waals surface area (Å²) in [5.74, 6) is -0.118. The molecule has 1 aliphatic rings. The van der Waals surface area contributed by atoms with Gasteiger partial charge >= 0.3 is 6.18 Å². The standard InChI is InChI=1S/C21H21F3N2O2/c1-14(13-15-5-7-16(8-6-15)21(22,23)24)25-19-4-2-3-18-17(19)9-10-26(11-12-27)20(18)28/h2-8,25,27H,1,9-13H2. The molecule has 0 aromatic heterocycles. The second-order valence-electron chi connectivity index (χ2n) is 6.70. The molecule has 0 radical (unpaired) electrons. The molecular formula is C21H21F3N2O2. The number of carbonyl (C=O) groups is 1. The number of hydrogen-bond acceptors (Lipinski definition) is 3. The van der Waals surface area contributed by atoms with E-state index in [-0.39, 0.29) is 12.5 Å². The van der Waals surface area contributed by atoms with E-state index in [0.29, 0.717) is 42.8 Å². The van der Waals surface area contributed by atoms with Crippen LogP contribution >= 0.6 is 0 Å². The normalized spacial score (nSPS) is 14.0. The Morgan fingerprint density at radius 2 is 1.89 bits per heavy atom. The van der Waals surface area contributed by atoms with Crippen molar-refractivity contribution < 1.29 is 23.1 Å². The van der Waals surface area contributed by atoms with Crippen LogP contribution in [0.4, 0.5) is 18.9 Å². The van der Waals surface area contributed by atoms with E-state index in [2.05, 4.69) is 11.9 Å². The van der Waals surface area contributed by atoms with E-state index in [1.54, 1.807) is 17.0 Å². The van der Waals surface area contributed by atoms with Crippen LogP contribution in [0, 0.1) is 0 Å². The molecule has 2 aromatic rings. The van der Waals surface area contributed by atoms with E-state index in [9.17, 15) is 18.0 Å². The van der Waals surface area contributed by atoms with Crippen LogP contribution in [0.3, 0.4) is 0 Å². The summed E-state index contributed by atoms with van der Waals surface area (Å²) in [6.45, 7) is 4.71. The van der Waals surface area contributed by atoms with Crippen molar-refractivity contribution in [3.8, 4) is 0 Å². The lowest BCUT2D eigenvalue weighted by molar-refractivity contribution is -0.137. The Morgan fingerprint density at radius 3 is 2.54 bits per heavy atom. The second-order valence-corrected chi connectivity index (χ2v) is 6.70. The number of halogens is 3. The predicted molar refractivity (Wildman–Crippen MR) is 101 cm³/mol. The number of alkyl halides is 3. The number of hydrogen-bond donors (Lipinski definition) is 2. The molecule has 148 valence electrons. The molecular weight excluding hydrogens is 369 g/mol. The van der Waals surface area contributed by atoms with E-state index in [1.165, 1.54) is 12.1 Å². The fourth-order valence-corrected chi connectivity index (χ4v) is 3.32. The van der Waals surface area contributed by atoms with E-state index in [0.717, 1.165) is 23.4 Å². The van der Waals surface area contributed by atoms with E-state index in [1.807, 2.05) is 6.07 Å². The van der Waals surface area contributed by atoms with Crippen molar-refractivity contribution in [1.82, 2.24) is 4.90 Å². The molecule has 3 rings (SSSR count). The van der Waals surface area contributed by atoms with Crippen molar-refractivity contribution in [2.75, 3.05) is 25.0 Å². The summed E-state index contributed by atoms with van der Waals surface area (Å²) < 4.78 is 38.0. The minimum Gasteiger partial charge on any atom is -0.395 e. The molecule has 0 atom stereocenters. The maximum atomic E-state index is 12.7.